The Balaban J connectivity index is 1.07. The number of piperazine rings is 1. The van der Waals surface area contributed by atoms with E-state index in [2.05, 4.69) is 31.5 Å². The van der Waals surface area contributed by atoms with Gasteiger partial charge in [0.2, 0.25) is 11.8 Å². The van der Waals surface area contributed by atoms with E-state index in [1.807, 2.05) is 30.3 Å². The molecular weight excluding hydrogens is 432 g/mol. The second-order valence-corrected chi connectivity index (χ2v) is 8.97. The number of hydrogen-bond acceptors (Lipinski definition) is 6. The highest BCUT2D eigenvalue weighted by molar-refractivity contribution is 5.97. The number of rotatable bonds is 6. The van der Waals surface area contributed by atoms with E-state index in [-0.39, 0.29) is 30.3 Å². The number of anilines is 1. The van der Waals surface area contributed by atoms with Crippen molar-refractivity contribution in [2.24, 2.45) is 0 Å². The lowest BCUT2D eigenvalue weighted by Gasteiger charge is -2.40. The number of hydrogen-bond donors (Lipinski definition) is 2. The van der Waals surface area contributed by atoms with E-state index in [1.165, 1.54) is 5.56 Å². The maximum atomic E-state index is 12.6. The zero-order valence-electron chi connectivity index (χ0n) is 19.2. The molecule has 9 heteroatoms. The highest BCUT2D eigenvalue weighted by Gasteiger charge is 2.34. The highest BCUT2D eigenvalue weighted by Crippen LogP contribution is 2.34. The lowest BCUT2D eigenvalue weighted by molar-refractivity contribution is -0.133. The summed E-state index contributed by atoms with van der Waals surface area (Å²) >= 11 is 0. The highest BCUT2D eigenvalue weighted by atomic mass is 16.2. The van der Waals surface area contributed by atoms with E-state index in [9.17, 15) is 14.4 Å². The molecule has 3 aliphatic heterocycles. The summed E-state index contributed by atoms with van der Waals surface area (Å²) in [5.74, 6) is 0.722. The fourth-order valence-electron chi connectivity index (χ4n) is 5.15. The third-order valence-electron chi connectivity index (χ3n) is 7.01. The third kappa shape index (κ3) is 4.61. The Bertz CT molecular complexity index is 1070. The summed E-state index contributed by atoms with van der Waals surface area (Å²) in [5.41, 5.74) is 3.08. The van der Waals surface area contributed by atoms with Crippen molar-refractivity contribution < 1.29 is 14.4 Å². The minimum Gasteiger partial charge on any atom is -0.353 e. The molecule has 1 saturated heterocycles. The molecule has 0 bridgehead atoms. The van der Waals surface area contributed by atoms with Crippen molar-refractivity contribution in [1.29, 1.82) is 0 Å². The Morgan fingerprint density at radius 2 is 1.91 bits per heavy atom. The van der Waals surface area contributed by atoms with Crippen LogP contribution in [0.15, 0.2) is 42.6 Å². The Kier molecular flexibility index (Phi) is 6.44. The van der Waals surface area contributed by atoms with Gasteiger partial charge in [-0.3, -0.25) is 19.3 Å². The predicted molar refractivity (Wildman–Crippen MR) is 127 cm³/mol. The van der Waals surface area contributed by atoms with E-state index < -0.39 is 0 Å². The number of pyridine rings is 1. The summed E-state index contributed by atoms with van der Waals surface area (Å²) in [6, 6.07) is 11.8. The number of carbonyl (C=O) groups is 3. The first-order valence-electron chi connectivity index (χ1n) is 11.9. The van der Waals surface area contributed by atoms with Gasteiger partial charge < -0.3 is 20.4 Å². The summed E-state index contributed by atoms with van der Waals surface area (Å²) < 4.78 is 0. The Hall–Kier alpha value is -3.46. The fraction of sp³-hybridized carbons (Fsp3) is 0.440. The Labute approximate surface area is 199 Å². The second-order valence-electron chi connectivity index (χ2n) is 8.97. The molecular formula is C25H30N6O3. The molecule has 1 aromatic carbocycles. The van der Waals surface area contributed by atoms with Crippen molar-refractivity contribution >= 4 is 23.5 Å². The average molecular weight is 463 g/mol. The normalized spacial score (nSPS) is 19.9. The molecule has 1 fully saturated rings. The molecule has 0 saturated carbocycles. The first kappa shape index (κ1) is 22.3. The maximum Gasteiger partial charge on any atom is 0.251 e. The molecule has 3 aliphatic rings. The zero-order chi connectivity index (χ0) is 23.5. The predicted octanol–water partition coefficient (Wildman–Crippen LogP) is 0.579. The minimum absolute atomic E-state index is 0.0212. The lowest BCUT2D eigenvalue weighted by atomic mass is 9.86. The van der Waals surface area contributed by atoms with Gasteiger partial charge in [-0.2, -0.15) is 0 Å². The van der Waals surface area contributed by atoms with Crippen LogP contribution < -0.4 is 15.5 Å². The topological polar surface area (TPSA) is 97.9 Å². The molecule has 4 heterocycles. The number of aromatic nitrogens is 1. The van der Waals surface area contributed by atoms with Crippen LogP contribution in [0, 0.1) is 0 Å². The molecule has 9 nitrogen and oxygen atoms in total. The van der Waals surface area contributed by atoms with Crippen molar-refractivity contribution in [3.63, 3.8) is 0 Å². The largest absolute Gasteiger partial charge is 0.353 e. The summed E-state index contributed by atoms with van der Waals surface area (Å²) in [5, 5.41) is 5.76. The van der Waals surface area contributed by atoms with Gasteiger partial charge in [0.15, 0.2) is 0 Å². The van der Waals surface area contributed by atoms with E-state index in [0.29, 0.717) is 32.6 Å². The smallest absolute Gasteiger partial charge is 0.251 e. The second kappa shape index (κ2) is 9.80. The number of nitrogens with zero attached hydrogens (tertiary/aromatic N) is 4. The molecule has 34 heavy (non-hydrogen) atoms. The molecule has 2 N–H and O–H groups in total. The molecule has 178 valence electrons. The van der Waals surface area contributed by atoms with Gasteiger partial charge in [0, 0.05) is 64.0 Å². The van der Waals surface area contributed by atoms with Crippen LogP contribution >= 0.6 is 0 Å². The number of nitrogens with one attached hydrogen (secondary N) is 2. The van der Waals surface area contributed by atoms with Crippen molar-refractivity contribution in [3.8, 4) is 0 Å². The van der Waals surface area contributed by atoms with Crippen LogP contribution in [0.2, 0.25) is 0 Å². The first-order valence-corrected chi connectivity index (χ1v) is 11.9. The third-order valence-corrected chi connectivity index (χ3v) is 7.01. The van der Waals surface area contributed by atoms with Crippen LogP contribution in [0.4, 0.5) is 5.82 Å². The van der Waals surface area contributed by atoms with Gasteiger partial charge in [0.05, 0.1) is 12.6 Å². The van der Waals surface area contributed by atoms with Gasteiger partial charge in [0.1, 0.15) is 5.82 Å². The quantitative estimate of drug-likeness (QED) is 0.652. The molecule has 3 amide bonds. The minimum atomic E-state index is -0.126. The van der Waals surface area contributed by atoms with Crippen molar-refractivity contribution in [2.45, 2.75) is 18.9 Å². The number of carbonyl (C=O) groups excluding carboxylic acids is 3. The van der Waals surface area contributed by atoms with Gasteiger partial charge in [-0.05, 0) is 35.7 Å². The summed E-state index contributed by atoms with van der Waals surface area (Å²) in [4.78, 5) is 47.9. The molecule has 0 spiro atoms. The van der Waals surface area contributed by atoms with Crippen LogP contribution in [0.25, 0.3) is 0 Å². The molecule has 0 radical (unpaired) electrons. The zero-order valence-corrected chi connectivity index (χ0v) is 19.2. The monoisotopic (exact) mass is 462 g/mol. The average Bonchev–Trinajstić information content (AvgIpc) is 2.89. The number of amides is 3. The van der Waals surface area contributed by atoms with Crippen LogP contribution in [-0.4, -0.2) is 84.9 Å². The molecule has 1 atom stereocenters. The Morgan fingerprint density at radius 3 is 2.71 bits per heavy atom. The summed E-state index contributed by atoms with van der Waals surface area (Å²) in [6.07, 6.45) is 2.97. The van der Waals surface area contributed by atoms with Gasteiger partial charge in [-0.15, -0.1) is 0 Å². The summed E-state index contributed by atoms with van der Waals surface area (Å²) in [6.45, 7) is 4.73. The van der Waals surface area contributed by atoms with Gasteiger partial charge in [-0.1, -0.05) is 18.2 Å². The van der Waals surface area contributed by atoms with E-state index in [0.717, 1.165) is 43.0 Å². The van der Waals surface area contributed by atoms with Crippen LogP contribution in [-0.2, 0) is 16.0 Å². The van der Waals surface area contributed by atoms with Crippen molar-refractivity contribution in [2.75, 3.05) is 57.3 Å². The molecule has 2 aromatic rings. The maximum absolute atomic E-state index is 12.6. The molecule has 1 unspecified atom stereocenters. The standard InChI is InChI=1S/C25H30N6O3/c32-22(27-17-23(33)31-14-12-30(13-15-31)21-6-1-2-9-26-21)8-11-29-10-7-18-4-3-5-19-24(18)20(29)16-28-25(19)34/h1-6,9,20H,7-8,10-17H2,(H,27,32)(H,28,34). The van der Waals surface area contributed by atoms with Crippen LogP contribution in [0.5, 0.6) is 0 Å². The molecule has 0 aliphatic carbocycles. The molecule has 5 rings (SSSR count). The Morgan fingerprint density at radius 1 is 1.06 bits per heavy atom. The van der Waals surface area contributed by atoms with Crippen LogP contribution in [0.1, 0.15) is 33.9 Å². The van der Waals surface area contributed by atoms with Gasteiger partial charge >= 0.3 is 0 Å². The van der Waals surface area contributed by atoms with Crippen molar-refractivity contribution in [3.05, 3.63) is 59.3 Å². The van der Waals surface area contributed by atoms with E-state index >= 15 is 0 Å². The number of benzene rings is 1. The molecule has 1 aromatic heterocycles. The lowest BCUT2D eigenvalue weighted by Crippen LogP contribution is -2.51. The SMILES string of the molecule is O=C(CCN1CCc2cccc3c2C1CNC3=O)NCC(=O)N1CCN(c2ccccn2)CC1. The van der Waals surface area contributed by atoms with Gasteiger partial charge in [0.25, 0.3) is 5.91 Å². The first-order chi connectivity index (χ1) is 16.6. The van der Waals surface area contributed by atoms with Gasteiger partial charge in [-0.25, -0.2) is 4.98 Å². The van der Waals surface area contributed by atoms with Crippen LogP contribution in [0.3, 0.4) is 0 Å². The van der Waals surface area contributed by atoms with E-state index in [1.54, 1.807) is 11.1 Å². The van der Waals surface area contributed by atoms with Crippen molar-refractivity contribution in [1.82, 2.24) is 25.4 Å². The fourth-order valence-corrected chi connectivity index (χ4v) is 5.15. The van der Waals surface area contributed by atoms with E-state index in [4.69, 9.17) is 0 Å². The summed E-state index contributed by atoms with van der Waals surface area (Å²) in [7, 11) is 0.